The summed E-state index contributed by atoms with van der Waals surface area (Å²) >= 11 is 0. The van der Waals surface area contributed by atoms with E-state index in [0.29, 0.717) is 19.1 Å². The van der Waals surface area contributed by atoms with Crippen molar-refractivity contribution in [3.63, 3.8) is 0 Å². The Morgan fingerprint density at radius 2 is 1.72 bits per heavy atom. The van der Waals surface area contributed by atoms with Crippen LogP contribution in [0.15, 0.2) is 60.7 Å². The molecule has 1 N–H and O–H groups in total. The molecule has 1 heterocycles. The van der Waals surface area contributed by atoms with E-state index in [1.165, 1.54) is 0 Å². The molecule has 0 aliphatic heterocycles. The minimum atomic E-state index is -0.511. The van der Waals surface area contributed by atoms with Crippen LogP contribution in [0.4, 0.5) is 0 Å². The van der Waals surface area contributed by atoms with Gasteiger partial charge in [0.15, 0.2) is 5.82 Å². The highest BCUT2D eigenvalue weighted by molar-refractivity contribution is 5.30. The molecule has 2 aromatic carbocycles. The standard InChI is InChI=1S/C19H21N5O/c25-18(15-7-3-1-4-8-15)13-23(16-11-12-16)14-19-20-21-22-24(19)17-9-5-2-6-10-17/h1-10,16,18,25H,11-14H2/t18-/m1/s1. The number of benzene rings is 2. The molecular formula is C19H21N5O. The lowest BCUT2D eigenvalue weighted by molar-refractivity contribution is 0.102. The number of hydrogen-bond acceptors (Lipinski definition) is 5. The molecule has 1 fully saturated rings. The summed E-state index contributed by atoms with van der Waals surface area (Å²) in [6.07, 6.45) is 1.81. The Kier molecular flexibility index (Phi) is 4.54. The van der Waals surface area contributed by atoms with E-state index in [9.17, 15) is 5.11 Å². The highest BCUT2D eigenvalue weighted by Crippen LogP contribution is 2.30. The maximum absolute atomic E-state index is 10.6. The fraction of sp³-hybridized carbons (Fsp3) is 0.316. The first-order valence-corrected chi connectivity index (χ1v) is 8.61. The van der Waals surface area contributed by atoms with Crippen molar-refractivity contribution >= 4 is 0 Å². The Bertz CT molecular complexity index is 801. The summed E-state index contributed by atoms with van der Waals surface area (Å²) in [5.74, 6) is 0.790. The van der Waals surface area contributed by atoms with Gasteiger partial charge in [0.05, 0.1) is 18.3 Å². The Balaban J connectivity index is 1.51. The fourth-order valence-electron chi connectivity index (χ4n) is 3.04. The van der Waals surface area contributed by atoms with Gasteiger partial charge in [0.2, 0.25) is 0 Å². The molecule has 1 aliphatic rings. The summed E-state index contributed by atoms with van der Waals surface area (Å²) in [6.45, 7) is 1.20. The van der Waals surface area contributed by atoms with Gasteiger partial charge in [-0.25, -0.2) is 0 Å². The molecule has 6 heteroatoms. The lowest BCUT2D eigenvalue weighted by atomic mass is 10.1. The van der Waals surface area contributed by atoms with Crippen molar-refractivity contribution in [2.45, 2.75) is 31.5 Å². The van der Waals surface area contributed by atoms with Gasteiger partial charge < -0.3 is 5.11 Å². The first kappa shape index (κ1) is 15.9. The van der Waals surface area contributed by atoms with Crippen molar-refractivity contribution in [3.05, 3.63) is 72.1 Å². The monoisotopic (exact) mass is 335 g/mol. The number of rotatable bonds is 7. The average Bonchev–Trinajstić information content (AvgIpc) is 3.41. The Morgan fingerprint density at radius 1 is 1.04 bits per heavy atom. The second-order valence-electron chi connectivity index (χ2n) is 6.43. The van der Waals surface area contributed by atoms with Gasteiger partial charge in [0.1, 0.15) is 0 Å². The van der Waals surface area contributed by atoms with E-state index in [4.69, 9.17) is 0 Å². The summed E-state index contributed by atoms with van der Waals surface area (Å²) < 4.78 is 1.77. The van der Waals surface area contributed by atoms with E-state index in [0.717, 1.165) is 29.9 Å². The summed E-state index contributed by atoms with van der Waals surface area (Å²) in [7, 11) is 0. The zero-order chi connectivity index (χ0) is 17.1. The molecule has 0 amide bonds. The fourth-order valence-corrected chi connectivity index (χ4v) is 3.04. The predicted molar refractivity (Wildman–Crippen MR) is 94.0 cm³/mol. The quantitative estimate of drug-likeness (QED) is 0.718. The van der Waals surface area contributed by atoms with Crippen molar-refractivity contribution < 1.29 is 5.11 Å². The van der Waals surface area contributed by atoms with Gasteiger partial charge in [-0.3, -0.25) is 4.90 Å². The van der Waals surface area contributed by atoms with E-state index in [-0.39, 0.29) is 0 Å². The number of tetrazole rings is 1. The minimum Gasteiger partial charge on any atom is -0.387 e. The molecule has 128 valence electrons. The maximum Gasteiger partial charge on any atom is 0.170 e. The zero-order valence-corrected chi connectivity index (χ0v) is 13.9. The van der Waals surface area contributed by atoms with E-state index in [1.807, 2.05) is 60.7 Å². The van der Waals surface area contributed by atoms with Crippen LogP contribution < -0.4 is 0 Å². The van der Waals surface area contributed by atoms with Gasteiger partial charge in [-0.1, -0.05) is 48.5 Å². The molecule has 6 nitrogen and oxygen atoms in total. The van der Waals surface area contributed by atoms with Crippen LogP contribution in [0.2, 0.25) is 0 Å². The lowest BCUT2D eigenvalue weighted by Gasteiger charge is -2.24. The first-order valence-electron chi connectivity index (χ1n) is 8.61. The number of aliphatic hydroxyl groups excluding tert-OH is 1. The van der Waals surface area contributed by atoms with Crippen LogP contribution in [-0.2, 0) is 6.54 Å². The summed E-state index contributed by atoms with van der Waals surface area (Å²) in [5, 5.41) is 22.7. The SMILES string of the molecule is O[C@H](CN(Cc1nnnn1-c1ccccc1)C1CC1)c1ccccc1. The Labute approximate surface area is 146 Å². The molecular weight excluding hydrogens is 314 g/mol. The maximum atomic E-state index is 10.6. The average molecular weight is 335 g/mol. The molecule has 0 radical (unpaired) electrons. The van der Waals surface area contributed by atoms with Crippen molar-refractivity contribution in [3.8, 4) is 5.69 Å². The molecule has 0 bridgehead atoms. The van der Waals surface area contributed by atoms with Crippen LogP contribution in [0.25, 0.3) is 5.69 Å². The van der Waals surface area contributed by atoms with Gasteiger partial charge >= 0.3 is 0 Å². The number of hydrogen-bond donors (Lipinski definition) is 1. The highest BCUT2D eigenvalue weighted by Gasteiger charge is 2.31. The lowest BCUT2D eigenvalue weighted by Crippen LogP contribution is -2.31. The van der Waals surface area contributed by atoms with Crippen LogP contribution in [-0.4, -0.2) is 42.8 Å². The van der Waals surface area contributed by atoms with E-state index >= 15 is 0 Å². The number of nitrogens with zero attached hydrogens (tertiary/aromatic N) is 5. The van der Waals surface area contributed by atoms with Crippen LogP contribution >= 0.6 is 0 Å². The second kappa shape index (κ2) is 7.13. The number of aromatic nitrogens is 4. The molecule has 0 spiro atoms. The van der Waals surface area contributed by atoms with E-state index < -0.39 is 6.10 Å². The molecule has 25 heavy (non-hydrogen) atoms. The summed E-state index contributed by atoms with van der Waals surface area (Å²) in [5.41, 5.74) is 1.89. The third-order valence-electron chi connectivity index (χ3n) is 4.53. The molecule has 1 saturated carbocycles. The molecule has 1 atom stereocenters. The molecule has 4 rings (SSSR count). The van der Waals surface area contributed by atoms with Gasteiger partial charge in [0, 0.05) is 12.6 Å². The molecule has 0 saturated heterocycles. The summed E-state index contributed by atoms with van der Waals surface area (Å²) in [6, 6.07) is 20.2. The van der Waals surface area contributed by atoms with Gasteiger partial charge in [-0.15, -0.1) is 5.10 Å². The molecule has 1 aliphatic carbocycles. The molecule has 3 aromatic rings. The molecule has 1 aromatic heterocycles. The topological polar surface area (TPSA) is 67.1 Å². The predicted octanol–water partition coefficient (Wildman–Crippen LogP) is 2.36. The number of para-hydroxylation sites is 1. The number of aliphatic hydroxyl groups is 1. The van der Waals surface area contributed by atoms with Crippen LogP contribution in [0, 0.1) is 0 Å². The largest absolute Gasteiger partial charge is 0.387 e. The third-order valence-corrected chi connectivity index (χ3v) is 4.53. The zero-order valence-electron chi connectivity index (χ0n) is 13.9. The van der Waals surface area contributed by atoms with Crippen molar-refractivity contribution in [2.75, 3.05) is 6.54 Å². The third kappa shape index (κ3) is 3.75. The van der Waals surface area contributed by atoms with Crippen LogP contribution in [0.1, 0.15) is 30.3 Å². The van der Waals surface area contributed by atoms with Gasteiger partial charge in [-0.05, 0) is 41.0 Å². The second-order valence-corrected chi connectivity index (χ2v) is 6.43. The van der Waals surface area contributed by atoms with Gasteiger partial charge in [-0.2, -0.15) is 4.68 Å². The molecule has 0 unspecified atom stereocenters. The van der Waals surface area contributed by atoms with E-state index in [1.54, 1.807) is 4.68 Å². The van der Waals surface area contributed by atoms with Crippen LogP contribution in [0.3, 0.4) is 0 Å². The highest BCUT2D eigenvalue weighted by atomic mass is 16.3. The first-order chi connectivity index (χ1) is 12.3. The Hall–Kier alpha value is -2.57. The van der Waals surface area contributed by atoms with Crippen molar-refractivity contribution in [2.24, 2.45) is 0 Å². The summed E-state index contributed by atoms with van der Waals surface area (Å²) in [4.78, 5) is 2.28. The van der Waals surface area contributed by atoms with Gasteiger partial charge in [0.25, 0.3) is 0 Å². The van der Waals surface area contributed by atoms with Crippen molar-refractivity contribution in [1.82, 2.24) is 25.1 Å². The van der Waals surface area contributed by atoms with Crippen LogP contribution in [0.5, 0.6) is 0 Å². The van der Waals surface area contributed by atoms with E-state index in [2.05, 4.69) is 20.4 Å². The normalized spacial score (nSPS) is 15.4. The van der Waals surface area contributed by atoms with Crippen molar-refractivity contribution in [1.29, 1.82) is 0 Å². The minimum absolute atomic E-state index is 0.499. The Morgan fingerprint density at radius 3 is 2.40 bits per heavy atom. The smallest absolute Gasteiger partial charge is 0.170 e.